The Bertz CT molecular complexity index is 1140. The van der Waals surface area contributed by atoms with Gasteiger partial charge >= 0.3 is 0 Å². The molecule has 29 heavy (non-hydrogen) atoms. The molecule has 0 aliphatic heterocycles. The van der Waals surface area contributed by atoms with Gasteiger partial charge in [-0.1, -0.05) is 12.1 Å². The highest BCUT2D eigenvalue weighted by Gasteiger charge is 2.12. The van der Waals surface area contributed by atoms with E-state index in [1.165, 1.54) is 0 Å². The molecule has 2 heterocycles. The molecule has 4 aromatic rings. The smallest absolute Gasteiger partial charge is 0.163 e. The first-order valence-electron chi connectivity index (χ1n) is 9.52. The van der Waals surface area contributed by atoms with Crippen LogP contribution in [0.5, 0.6) is 11.5 Å². The molecular weight excluding hydrogens is 384 g/mol. The van der Waals surface area contributed by atoms with Crippen LogP contribution in [0.4, 0.5) is 11.5 Å². The molecule has 6 nitrogen and oxygen atoms in total. The second-order valence-corrected chi connectivity index (χ2v) is 7.26. The minimum absolute atomic E-state index is 0.553. The van der Waals surface area contributed by atoms with E-state index >= 15 is 0 Å². The van der Waals surface area contributed by atoms with E-state index in [-0.39, 0.29) is 0 Å². The van der Waals surface area contributed by atoms with Crippen molar-refractivity contribution in [3.05, 3.63) is 53.8 Å². The van der Waals surface area contributed by atoms with E-state index in [1.54, 1.807) is 17.7 Å². The van der Waals surface area contributed by atoms with Crippen molar-refractivity contribution in [2.45, 2.75) is 20.8 Å². The van der Waals surface area contributed by atoms with Crippen molar-refractivity contribution in [3.63, 3.8) is 0 Å². The molecule has 0 aliphatic rings. The molecule has 2 aromatic heterocycles. The molecule has 4 rings (SSSR count). The predicted molar refractivity (Wildman–Crippen MR) is 117 cm³/mol. The summed E-state index contributed by atoms with van der Waals surface area (Å²) in [5, 5.41) is 7.34. The maximum atomic E-state index is 5.77. The monoisotopic (exact) mass is 406 g/mol. The first-order valence-corrected chi connectivity index (χ1v) is 10.4. The normalized spacial score (nSPS) is 10.9. The highest BCUT2D eigenvalue weighted by molar-refractivity contribution is 7.13. The number of anilines is 2. The van der Waals surface area contributed by atoms with Gasteiger partial charge in [0.05, 0.1) is 18.7 Å². The molecule has 1 N–H and O–H groups in total. The predicted octanol–water partition coefficient (Wildman–Crippen LogP) is 5.60. The SMILES string of the molecule is CCOc1cc2ncnc(Nc3cccc(-c4nc(C)cs4)c3)c2cc1OCC. The molecule has 0 unspecified atom stereocenters. The third kappa shape index (κ3) is 4.14. The van der Waals surface area contributed by atoms with Crippen LogP contribution >= 0.6 is 11.3 Å². The largest absolute Gasteiger partial charge is 0.490 e. The molecule has 0 fully saturated rings. The maximum Gasteiger partial charge on any atom is 0.163 e. The minimum atomic E-state index is 0.553. The van der Waals surface area contributed by atoms with Crippen molar-refractivity contribution in [2.75, 3.05) is 18.5 Å². The molecule has 0 atom stereocenters. The third-order valence-corrected chi connectivity index (χ3v) is 5.30. The van der Waals surface area contributed by atoms with Crippen LogP contribution in [0, 0.1) is 6.92 Å². The van der Waals surface area contributed by atoms with Crippen LogP contribution in [0.25, 0.3) is 21.5 Å². The number of aryl methyl sites for hydroxylation is 1. The molecule has 0 radical (unpaired) electrons. The summed E-state index contributed by atoms with van der Waals surface area (Å²) >= 11 is 1.64. The summed E-state index contributed by atoms with van der Waals surface area (Å²) in [6.45, 7) is 7.01. The number of fused-ring (bicyclic) bond motifs is 1. The number of aromatic nitrogens is 3. The number of thiazole rings is 1. The summed E-state index contributed by atoms with van der Waals surface area (Å²) in [5.41, 5.74) is 3.82. The Balaban J connectivity index is 1.72. The second-order valence-electron chi connectivity index (χ2n) is 6.40. The van der Waals surface area contributed by atoms with Crippen LogP contribution in [0.15, 0.2) is 48.1 Å². The zero-order valence-corrected chi connectivity index (χ0v) is 17.4. The Hall–Kier alpha value is -3.19. The Labute approximate surface area is 173 Å². The van der Waals surface area contributed by atoms with Crippen molar-refractivity contribution in [1.82, 2.24) is 15.0 Å². The van der Waals surface area contributed by atoms with E-state index in [0.29, 0.717) is 30.5 Å². The van der Waals surface area contributed by atoms with Crippen molar-refractivity contribution >= 4 is 33.7 Å². The number of nitrogens with zero attached hydrogens (tertiary/aromatic N) is 3. The average molecular weight is 407 g/mol. The molecule has 0 bridgehead atoms. The number of ether oxygens (including phenoxy) is 2. The summed E-state index contributed by atoms with van der Waals surface area (Å²) in [6.07, 6.45) is 1.55. The Morgan fingerprint density at radius 1 is 1.00 bits per heavy atom. The maximum absolute atomic E-state index is 5.77. The average Bonchev–Trinajstić information content (AvgIpc) is 3.16. The molecule has 0 saturated heterocycles. The van der Waals surface area contributed by atoms with Gasteiger partial charge < -0.3 is 14.8 Å². The third-order valence-electron chi connectivity index (χ3n) is 4.29. The van der Waals surface area contributed by atoms with Gasteiger partial charge in [-0.05, 0) is 39.0 Å². The topological polar surface area (TPSA) is 69.2 Å². The van der Waals surface area contributed by atoms with Gasteiger partial charge in [0, 0.05) is 33.8 Å². The molecule has 2 aromatic carbocycles. The summed E-state index contributed by atoms with van der Waals surface area (Å²) < 4.78 is 11.5. The molecule has 0 saturated carbocycles. The summed E-state index contributed by atoms with van der Waals surface area (Å²) in [5.74, 6) is 2.09. The standard InChI is InChI=1S/C22H22N4O2S/c1-4-27-19-10-17-18(11-20(19)28-5-2)23-13-24-21(17)26-16-8-6-7-15(9-16)22-25-14(3)12-29-22/h6-13H,4-5H2,1-3H3,(H,23,24,26). The lowest BCUT2D eigenvalue weighted by Gasteiger charge is -2.14. The van der Waals surface area contributed by atoms with E-state index in [0.717, 1.165) is 32.9 Å². The molecule has 0 amide bonds. The summed E-state index contributed by atoms with van der Waals surface area (Å²) in [7, 11) is 0. The van der Waals surface area contributed by atoms with E-state index < -0.39 is 0 Å². The quantitative estimate of drug-likeness (QED) is 0.431. The van der Waals surface area contributed by atoms with Gasteiger partial charge in [-0.15, -0.1) is 11.3 Å². The van der Waals surface area contributed by atoms with Gasteiger partial charge in [-0.25, -0.2) is 15.0 Å². The van der Waals surface area contributed by atoms with Crippen LogP contribution < -0.4 is 14.8 Å². The van der Waals surface area contributed by atoms with E-state index in [2.05, 4.69) is 37.8 Å². The first-order chi connectivity index (χ1) is 14.2. The van der Waals surface area contributed by atoms with Gasteiger partial charge in [-0.2, -0.15) is 0 Å². The van der Waals surface area contributed by atoms with E-state index in [4.69, 9.17) is 9.47 Å². The van der Waals surface area contributed by atoms with Crippen LogP contribution in [-0.2, 0) is 0 Å². The highest BCUT2D eigenvalue weighted by Crippen LogP contribution is 2.35. The van der Waals surface area contributed by atoms with Gasteiger partial charge in [-0.3, -0.25) is 0 Å². The molecule has 0 spiro atoms. The van der Waals surface area contributed by atoms with Gasteiger partial charge in [0.25, 0.3) is 0 Å². The fourth-order valence-electron chi connectivity index (χ4n) is 3.05. The fourth-order valence-corrected chi connectivity index (χ4v) is 3.85. The van der Waals surface area contributed by atoms with Gasteiger partial charge in [0.1, 0.15) is 17.2 Å². The number of nitrogens with one attached hydrogen (secondary N) is 1. The lowest BCUT2D eigenvalue weighted by atomic mass is 10.2. The lowest BCUT2D eigenvalue weighted by Crippen LogP contribution is -2.01. The van der Waals surface area contributed by atoms with E-state index in [9.17, 15) is 0 Å². The van der Waals surface area contributed by atoms with Gasteiger partial charge in [0.2, 0.25) is 0 Å². The molecule has 0 aliphatic carbocycles. The Morgan fingerprint density at radius 2 is 1.79 bits per heavy atom. The highest BCUT2D eigenvalue weighted by atomic mass is 32.1. The van der Waals surface area contributed by atoms with Crippen molar-refractivity contribution in [1.29, 1.82) is 0 Å². The zero-order valence-electron chi connectivity index (χ0n) is 16.6. The fraction of sp³-hybridized carbons (Fsp3) is 0.227. The van der Waals surface area contributed by atoms with Crippen LogP contribution in [0.1, 0.15) is 19.5 Å². The summed E-state index contributed by atoms with van der Waals surface area (Å²) in [4.78, 5) is 13.4. The first kappa shape index (κ1) is 19.1. The minimum Gasteiger partial charge on any atom is -0.490 e. The second kappa shape index (κ2) is 8.45. The number of hydrogen-bond acceptors (Lipinski definition) is 7. The Morgan fingerprint density at radius 3 is 2.52 bits per heavy atom. The van der Waals surface area contributed by atoms with Crippen LogP contribution in [0.3, 0.4) is 0 Å². The van der Waals surface area contributed by atoms with E-state index in [1.807, 2.05) is 45.0 Å². The van der Waals surface area contributed by atoms with Crippen molar-refractivity contribution < 1.29 is 9.47 Å². The van der Waals surface area contributed by atoms with Gasteiger partial charge in [0.15, 0.2) is 11.5 Å². The number of hydrogen-bond donors (Lipinski definition) is 1. The lowest BCUT2D eigenvalue weighted by molar-refractivity contribution is 0.288. The molecular formula is C22H22N4O2S. The molecule has 7 heteroatoms. The number of benzene rings is 2. The summed E-state index contributed by atoms with van der Waals surface area (Å²) in [6, 6.07) is 12.0. The molecule has 148 valence electrons. The van der Waals surface area contributed by atoms with Crippen LogP contribution in [0.2, 0.25) is 0 Å². The number of rotatable bonds is 7. The Kier molecular flexibility index (Phi) is 5.57. The van der Waals surface area contributed by atoms with Crippen molar-refractivity contribution in [2.24, 2.45) is 0 Å². The van der Waals surface area contributed by atoms with Crippen LogP contribution in [-0.4, -0.2) is 28.2 Å². The van der Waals surface area contributed by atoms with Crippen molar-refractivity contribution in [3.8, 4) is 22.1 Å². The zero-order chi connectivity index (χ0) is 20.2.